The molecule has 0 saturated carbocycles. The van der Waals surface area contributed by atoms with E-state index in [1.165, 1.54) is 0 Å². The van der Waals surface area contributed by atoms with Crippen molar-refractivity contribution >= 4 is 0 Å². The first-order valence-electron chi connectivity index (χ1n) is 3.97. The second-order valence-corrected chi connectivity index (χ2v) is 3.14. The third-order valence-electron chi connectivity index (χ3n) is 2.30. The second kappa shape index (κ2) is 2.36. The van der Waals surface area contributed by atoms with Crippen LogP contribution < -0.4 is 0 Å². The molecule has 0 radical (unpaired) electrons. The fourth-order valence-corrected chi connectivity index (χ4v) is 1.39. The Balaban J connectivity index is 2.30. The first kappa shape index (κ1) is 7.39. The highest BCUT2D eigenvalue weighted by Gasteiger charge is 2.52. The predicted octanol–water partition coefficient (Wildman–Crippen LogP) is 1.93. The Labute approximate surface area is 72.4 Å². The Bertz CT molecular complexity index is 323. The van der Waals surface area contributed by atoms with Crippen molar-refractivity contribution in [1.82, 2.24) is 0 Å². The molecule has 12 heavy (non-hydrogen) atoms. The van der Waals surface area contributed by atoms with Gasteiger partial charge in [-0.1, -0.05) is 36.3 Å². The van der Waals surface area contributed by atoms with E-state index in [4.69, 9.17) is 11.2 Å². The van der Waals surface area contributed by atoms with E-state index in [9.17, 15) is 0 Å². The Hall–Kier alpha value is -1.26. The van der Waals surface area contributed by atoms with Crippen LogP contribution in [-0.2, 0) is 10.3 Å². The number of hydrogen-bond acceptors (Lipinski definition) is 1. The molecule has 1 aromatic rings. The summed E-state index contributed by atoms with van der Waals surface area (Å²) >= 11 is 0. The van der Waals surface area contributed by atoms with Crippen LogP contribution in [0.25, 0.3) is 0 Å². The normalized spacial score (nSPS) is 32.5. The molecule has 1 aromatic carbocycles. The molecule has 0 N–H and O–H groups in total. The Kier molecular flexibility index (Phi) is 1.46. The topological polar surface area (TPSA) is 12.5 Å². The van der Waals surface area contributed by atoms with Crippen molar-refractivity contribution in [1.29, 1.82) is 0 Å². The van der Waals surface area contributed by atoms with Crippen molar-refractivity contribution in [3.05, 3.63) is 35.9 Å². The summed E-state index contributed by atoms with van der Waals surface area (Å²) < 4.78 is 5.40. The smallest absolute Gasteiger partial charge is 0.152 e. The van der Waals surface area contributed by atoms with Gasteiger partial charge in [-0.25, -0.2) is 0 Å². The molecule has 1 aliphatic rings. The van der Waals surface area contributed by atoms with Gasteiger partial charge in [-0.2, -0.15) is 0 Å². The van der Waals surface area contributed by atoms with Crippen molar-refractivity contribution < 1.29 is 4.74 Å². The lowest BCUT2D eigenvalue weighted by Crippen LogP contribution is -2.05. The lowest BCUT2D eigenvalue weighted by molar-refractivity contribution is 0.322. The minimum absolute atomic E-state index is 0.0418. The van der Waals surface area contributed by atoms with Crippen LogP contribution in [0.2, 0.25) is 0 Å². The van der Waals surface area contributed by atoms with Crippen LogP contribution in [0.5, 0.6) is 0 Å². The summed E-state index contributed by atoms with van der Waals surface area (Å²) in [5.74, 6) is 2.61. The van der Waals surface area contributed by atoms with Crippen LogP contribution in [0.15, 0.2) is 30.3 Å². The Morgan fingerprint density at radius 2 is 2.08 bits per heavy atom. The van der Waals surface area contributed by atoms with Crippen LogP contribution in [0.4, 0.5) is 0 Å². The van der Waals surface area contributed by atoms with Gasteiger partial charge in [0.1, 0.15) is 5.60 Å². The van der Waals surface area contributed by atoms with Gasteiger partial charge in [-0.3, -0.25) is 0 Å². The van der Waals surface area contributed by atoms with Crippen LogP contribution in [0.3, 0.4) is 0 Å². The maximum absolute atomic E-state index is 5.40. The first-order valence-corrected chi connectivity index (χ1v) is 3.97. The molecule has 0 bridgehead atoms. The summed E-state index contributed by atoms with van der Waals surface area (Å²) in [7, 11) is 0. The van der Waals surface area contributed by atoms with Crippen molar-refractivity contribution in [3.8, 4) is 12.3 Å². The van der Waals surface area contributed by atoms with E-state index in [-0.39, 0.29) is 11.7 Å². The number of ether oxygens (including phenoxy) is 1. The molecule has 0 spiro atoms. The Morgan fingerprint density at radius 1 is 1.42 bits per heavy atom. The van der Waals surface area contributed by atoms with E-state index in [1.54, 1.807) is 0 Å². The minimum Gasteiger partial charge on any atom is -0.347 e. The molecule has 0 aromatic heterocycles. The summed E-state index contributed by atoms with van der Waals surface area (Å²) in [6.45, 7) is 2.02. The number of hydrogen-bond donors (Lipinski definition) is 0. The lowest BCUT2D eigenvalue weighted by Gasteiger charge is -2.03. The van der Waals surface area contributed by atoms with Crippen LogP contribution in [0.1, 0.15) is 12.5 Å². The molecule has 0 aliphatic carbocycles. The Morgan fingerprint density at radius 3 is 2.58 bits per heavy atom. The molecule has 1 saturated heterocycles. The SMILES string of the molecule is C#C[C@@H]1O[C@]1(C)c1ccccc1. The first-order chi connectivity index (χ1) is 5.77. The van der Waals surface area contributed by atoms with E-state index in [2.05, 4.69) is 5.92 Å². The zero-order valence-electron chi connectivity index (χ0n) is 6.95. The van der Waals surface area contributed by atoms with Crippen molar-refractivity contribution in [3.63, 3.8) is 0 Å². The van der Waals surface area contributed by atoms with E-state index in [0.29, 0.717) is 0 Å². The van der Waals surface area contributed by atoms with E-state index in [1.807, 2.05) is 37.3 Å². The third-order valence-corrected chi connectivity index (χ3v) is 2.30. The maximum Gasteiger partial charge on any atom is 0.152 e. The highest BCUT2D eigenvalue weighted by atomic mass is 16.6. The minimum atomic E-state index is -0.226. The average molecular weight is 158 g/mol. The van der Waals surface area contributed by atoms with Gasteiger partial charge in [0.2, 0.25) is 0 Å². The molecule has 1 nitrogen and oxygen atoms in total. The number of rotatable bonds is 1. The zero-order chi connectivity index (χ0) is 8.60. The zero-order valence-corrected chi connectivity index (χ0v) is 6.95. The summed E-state index contributed by atoms with van der Waals surface area (Å²) in [5, 5.41) is 0. The highest BCUT2D eigenvalue weighted by molar-refractivity contribution is 5.32. The summed E-state index contributed by atoms with van der Waals surface area (Å²) in [5.41, 5.74) is 0.934. The summed E-state index contributed by atoms with van der Waals surface area (Å²) in [4.78, 5) is 0. The van der Waals surface area contributed by atoms with Crippen LogP contribution >= 0.6 is 0 Å². The molecule has 60 valence electrons. The summed E-state index contributed by atoms with van der Waals surface area (Å²) in [6, 6.07) is 10.1. The van der Waals surface area contributed by atoms with E-state index >= 15 is 0 Å². The van der Waals surface area contributed by atoms with Crippen molar-refractivity contribution in [2.75, 3.05) is 0 Å². The van der Waals surface area contributed by atoms with Gasteiger partial charge in [-0.15, -0.1) is 6.42 Å². The molecular formula is C11H10O. The summed E-state index contributed by atoms with van der Waals surface area (Å²) in [6.07, 6.45) is 5.23. The molecule has 0 unspecified atom stereocenters. The highest BCUT2D eigenvalue weighted by Crippen LogP contribution is 2.45. The van der Waals surface area contributed by atoms with Gasteiger partial charge < -0.3 is 4.74 Å². The quantitative estimate of drug-likeness (QED) is 0.449. The molecule has 0 amide bonds. The van der Waals surface area contributed by atoms with Gasteiger partial charge in [-0.05, 0) is 12.5 Å². The monoisotopic (exact) mass is 158 g/mol. The number of epoxide rings is 1. The molecule has 2 rings (SSSR count). The van der Waals surface area contributed by atoms with Crippen molar-refractivity contribution in [2.45, 2.75) is 18.6 Å². The number of benzene rings is 1. The molecule has 2 atom stereocenters. The van der Waals surface area contributed by atoms with Crippen LogP contribution in [0, 0.1) is 12.3 Å². The second-order valence-electron chi connectivity index (χ2n) is 3.14. The van der Waals surface area contributed by atoms with Gasteiger partial charge in [0.25, 0.3) is 0 Å². The lowest BCUT2D eigenvalue weighted by atomic mass is 9.98. The molecule has 1 heteroatoms. The largest absolute Gasteiger partial charge is 0.347 e. The standard InChI is InChI=1S/C11H10O/c1-3-10-11(2,12-10)9-7-5-4-6-8-9/h1,4-8,10H,2H3/t10-,11+/m0/s1. The fraction of sp³-hybridized carbons (Fsp3) is 0.273. The van der Waals surface area contributed by atoms with Gasteiger partial charge in [0.05, 0.1) is 0 Å². The molecule has 1 aliphatic heterocycles. The average Bonchev–Trinajstić information content (AvgIpc) is 2.81. The van der Waals surface area contributed by atoms with E-state index < -0.39 is 0 Å². The molecule has 1 fully saturated rings. The third kappa shape index (κ3) is 0.929. The van der Waals surface area contributed by atoms with Crippen LogP contribution in [-0.4, -0.2) is 6.10 Å². The maximum atomic E-state index is 5.40. The molecule has 1 heterocycles. The van der Waals surface area contributed by atoms with Gasteiger partial charge in [0, 0.05) is 0 Å². The van der Waals surface area contributed by atoms with Gasteiger partial charge >= 0.3 is 0 Å². The number of terminal acetylenes is 1. The fourth-order valence-electron chi connectivity index (χ4n) is 1.39. The molecular weight excluding hydrogens is 148 g/mol. The van der Waals surface area contributed by atoms with Crippen molar-refractivity contribution in [2.24, 2.45) is 0 Å². The van der Waals surface area contributed by atoms with Gasteiger partial charge in [0.15, 0.2) is 6.10 Å². The van der Waals surface area contributed by atoms with E-state index in [0.717, 1.165) is 5.56 Å². The predicted molar refractivity (Wildman–Crippen MR) is 47.5 cm³/mol.